The average molecular weight is 281 g/mol. The van der Waals surface area contributed by atoms with Gasteiger partial charge in [-0.3, -0.25) is 4.90 Å². The van der Waals surface area contributed by atoms with E-state index < -0.39 is 0 Å². The summed E-state index contributed by atoms with van der Waals surface area (Å²) in [4.78, 5) is 2.72. The van der Waals surface area contributed by atoms with Crippen LogP contribution < -0.4 is 5.73 Å². The Hall–Kier alpha value is -0.0800. The van der Waals surface area contributed by atoms with E-state index in [2.05, 4.69) is 25.8 Å². The van der Waals surface area contributed by atoms with Gasteiger partial charge in [0.1, 0.15) is 0 Å². The van der Waals surface area contributed by atoms with Crippen LogP contribution in [0, 0.1) is 11.8 Å². The van der Waals surface area contributed by atoms with Crippen molar-refractivity contribution in [2.75, 3.05) is 13.6 Å². The molecular formula is C18H36N2. The topological polar surface area (TPSA) is 29.3 Å². The molecule has 2 nitrogen and oxygen atoms in total. The van der Waals surface area contributed by atoms with Gasteiger partial charge in [0.2, 0.25) is 0 Å². The number of likely N-dealkylation sites (N-methyl/N-ethyl adjacent to an activating group) is 1. The molecular weight excluding hydrogens is 244 g/mol. The summed E-state index contributed by atoms with van der Waals surface area (Å²) in [6.45, 7) is 5.62. The molecule has 0 radical (unpaired) electrons. The zero-order valence-electron chi connectivity index (χ0n) is 14.0. The van der Waals surface area contributed by atoms with Crippen LogP contribution in [0.3, 0.4) is 0 Å². The van der Waals surface area contributed by atoms with E-state index in [0.717, 1.165) is 24.4 Å². The molecule has 2 fully saturated rings. The summed E-state index contributed by atoms with van der Waals surface area (Å²) < 4.78 is 0. The minimum atomic E-state index is 0.301. The Morgan fingerprint density at radius 3 is 2.35 bits per heavy atom. The maximum Gasteiger partial charge on any atom is 0.0331 e. The molecule has 0 aromatic rings. The van der Waals surface area contributed by atoms with Crippen LogP contribution >= 0.6 is 0 Å². The van der Waals surface area contributed by atoms with Gasteiger partial charge < -0.3 is 5.73 Å². The van der Waals surface area contributed by atoms with Crippen molar-refractivity contribution in [1.29, 1.82) is 0 Å². The first kappa shape index (κ1) is 16.3. The lowest BCUT2D eigenvalue weighted by Gasteiger charge is -2.47. The third-order valence-corrected chi connectivity index (χ3v) is 6.51. The van der Waals surface area contributed by atoms with Gasteiger partial charge in [-0.2, -0.15) is 0 Å². The Morgan fingerprint density at radius 2 is 1.75 bits per heavy atom. The maximum absolute atomic E-state index is 6.29. The van der Waals surface area contributed by atoms with Crippen molar-refractivity contribution in [1.82, 2.24) is 4.90 Å². The lowest BCUT2D eigenvalue weighted by molar-refractivity contribution is 0.0380. The standard InChI is InChI=1S/C18H36N2/c1-4-16-6-5-12-18(14-19,13-11-16)20(3)17-9-7-15(2)8-10-17/h15-17H,4-14,19H2,1-3H3. The van der Waals surface area contributed by atoms with E-state index in [9.17, 15) is 0 Å². The molecule has 0 aromatic carbocycles. The van der Waals surface area contributed by atoms with Crippen LogP contribution in [-0.2, 0) is 0 Å². The normalized spacial score (nSPS) is 39.8. The monoisotopic (exact) mass is 280 g/mol. The van der Waals surface area contributed by atoms with Gasteiger partial charge in [0, 0.05) is 18.1 Å². The zero-order chi connectivity index (χ0) is 14.6. The van der Waals surface area contributed by atoms with E-state index in [1.165, 1.54) is 64.2 Å². The van der Waals surface area contributed by atoms with Crippen LogP contribution in [0.2, 0.25) is 0 Å². The van der Waals surface area contributed by atoms with Crippen molar-refractivity contribution in [2.45, 2.75) is 89.6 Å². The summed E-state index contributed by atoms with van der Waals surface area (Å²) in [6.07, 6.45) is 13.8. The highest BCUT2D eigenvalue weighted by Crippen LogP contribution is 2.38. The van der Waals surface area contributed by atoms with Gasteiger partial charge >= 0.3 is 0 Å². The molecule has 20 heavy (non-hydrogen) atoms. The number of rotatable bonds is 4. The fraction of sp³-hybridized carbons (Fsp3) is 1.00. The highest BCUT2D eigenvalue weighted by atomic mass is 15.2. The molecule has 0 amide bonds. The van der Waals surface area contributed by atoms with E-state index >= 15 is 0 Å². The minimum absolute atomic E-state index is 0.301. The summed E-state index contributed by atoms with van der Waals surface area (Å²) in [7, 11) is 2.37. The Balaban J connectivity index is 2.01. The highest BCUT2D eigenvalue weighted by Gasteiger charge is 2.39. The van der Waals surface area contributed by atoms with Gasteiger partial charge in [-0.25, -0.2) is 0 Å². The fourth-order valence-corrected chi connectivity index (χ4v) is 4.59. The van der Waals surface area contributed by atoms with Crippen molar-refractivity contribution < 1.29 is 0 Å². The van der Waals surface area contributed by atoms with Crippen molar-refractivity contribution in [3.8, 4) is 0 Å². The van der Waals surface area contributed by atoms with Crippen LogP contribution in [0.1, 0.15) is 78.1 Å². The molecule has 118 valence electrons. The summed E-state index contributed by atoms with van der Waals surface area (Å²) in [5.41, 5.74) is 6.59. The number of nitrogens with zero attached hydrogens (tertiary/aromatic N) is 1. The summed E-state index contributed by atoms with van der Waals surface area (Å²) in [6, 6.07) is 0.785. The van der Waals surface area contributed by atoms with Crippen molar-refractivity contribution in [3.63, 3.8) is 0 Å². The van der Waals surface area contributed by atoms with Crippen LogP contribution in [0.25, 0.3) is 0 Å². The van der Waals surface area contributed by atoms with Crippen molar-refractivity contribution in [3.05, 3.63) is 0 Å². The fourth-order valence-electron chi connectivity index (χ4n) is 4.59. The smallest absolute Gasteiger partial charge is 0.0331 e. The minimum Gasteiger partial charge on any atom is -0.329 e. The second kappa shape index (κ2) is 7.26. The van der Waals surface area contributed by atoms with E-state index in [-0.39, 0.29) is 0 Å². The lowest BCUT2D eigenvalue weighted by Crippen LogP contribution is -2.56. The first-order valence-electron chi connectivity index (χ1n) is 9.04. The average Bonchev–Trinajstić information content (AvgIpc) is 2.70. The Morgan fingerprint density at radius 1 is 1.05 bits per heavy atom. The molecule has 0 heterocycles. The number of hydrogen-bond acceptors (Lipinski definition) is 2. The van der Waals surface area contributed by atoms with Crippen LogP contribution in [0.5, 0.6) is 0 Å². The summed E-state index contributed by atoms with van der Waals surface area (Å²) in [5.74, 6) is 1.88. The third kappa shape index (κ3) is 3.57. The van der Waals surface area contributed by atoms with E-state index in [4.69, 9.17) is 5.73 Å². The SMILES string of the molecule is CCC1CCCC(CN)(N(C)C2CCC(C)CC2)CC1. The molecule has 2 unspecified atom stereocenters. The molecule has 0 saturated heterocycles. The van der Waals surface area contributed by atoms with Gasteiger partial charge in [-0.15, -0.1) is 0 Å². The molecule has 0 aliphatic heterocycles. The Bertz CT molecular complexity index is 283. The van der Waals surface area contributed by atoms with E-state index in [1.54, 1.807) is 0 Å². The van der Waals surface area contributed by atoms with Crippen LogP contribution in [0.15, 0.2) is 0 Å². The number of nitrogens with two attached hydrogens (primary N) is 1. The molecule has 0 aromatic heterocycles. The third-order valence-electron chi connectivity index (χ3n) is 6.51. The van der Waals surface area contributed by atoms with Crippen molar-refractivity contribution >= 4 is 0 Å². The first-order chi connectivity index (χ1) is 9.61. The zero-order valence-corrected chi connectivity index (χ0v) is 14.0. The van der Waals surface area contributed by atoms with Crippen molar-refractivity contribution in [2.24, 2.45) is 17.6 Å². The predicted molar refractivity (Wildman–Crippen MR) is 87.8 cm³/mol. The second-order valence-electron chi connectivity index (χ2n) is 7.66. The lowest BCUT2D eigenvalue weighted by atomic mass is 9.81. The highest BCUT2D eigenvalue weighted by molar-refractivity contribution is 4.96. The number of hydrogen-bond donors (Lipinski definition) is 1. The molecule has 0 bridgehead atoms. The summed E-state index contributed by atoms with van der Waals surface area (Å²) >= 11 is 0. The molecule has 2 atom stereocenters. The van der Waals surface area contributed by atoms with Gasteiger partial charge in [0.25, 0.3) is 0 Å². The Kier molecular flexibility index (Phi) is 5.92. The molecule has 2 heteroatoms. The van der Waals surface area contributed by atoms with Crippen LogP contribution in [0.4, 0.5) is 0 Å². The predicted octanol–water partition coefficient (Wildman–Crippen LogP) is 4.18. The van der Waals surface area contributed by atoms with E-state index in [1.807, 2.05) is 0 Å². The quantitative estimate of drug-likeness (QED) is 0.783. The second-order valence-corrected chi connectivity index (χ2v) is 7.66. The molecule has 0 spiro atoms. The van der Waals surface area contributed by atoms with Gasteiger partial charge in [-0.05, 0) is 63.8 Å². The van der Waals surface area contributed by atoms with E-state index in [0.29, 0.717) is 5.54 Å². The first-order valence-corrected chi connectivity index (χ1v) is 9.04. The molecule has 2 aliphatic carbocycles. The molecule has 2 saturated carbocycles. The Labute approximate surface area is 126 Å². The summed E-state index contributed by atoms with van der Waals surface area (Å²) in [5, 5.41) is 0. The maximum atomic E-state index is 6.29. The van der Waals surface area contributed by atoms with Gasteiger partial charge in [-0.1, -0.05) is 33.1 Å². The van der Waals surface area contributed by atoms with Gasteiger partial charge in [0.15, 0.2) is 0 Å². The molecule has 2 aliphatic rings. The van der Waals surface area contributed by atoms with Gasteiger partial charge in [0.05, 0.1) is 0 Å². The largest absolute Gasteiger partial charge is 0.329 e. The molecule has 2 rings (SSSR count). The van der Waals surface area contributed by atoms with Crippen LogP contribution in [-0.4, -0.2) is 30.1 Å². The molecule has 2 N–H and O–H groups in total.